The van der Waals surface area contributed by atoms with Gasteiger partial charge in [-0.15, -0.1) is 0 Å². The van der Waals surface area contributed by atoms with Gasteiger partial charge >= 0.3 is 0 Å². The first-order chi connectivity index (χ1) is 13.6. The minimum absolute atomic E-state index is 0.000182. The summed E-state index contributed by atoms with van der Waals surface area (Å²) in [6.07, 6.45) is 1.21. The van der Waals surface area contributed by atoms with E-state index in [1.807, 2.05) is 0 Å². The monoisotopic (exact) mass is 383 g/mol. The number of nitrogens with zero attached hydrogens (tertiary/aromatic N) is 4. The van der Waals surface area contributed by atoms with Gasteiger partial charge in [-0.05, 0) is 24.5 Å². The lowest BCUT2D eigenvalue weighted by atomic mass is 10.2. The largest absolute Gasteiger partial charge is 0.461 e. The van der Waals surface area contributed by atoms with E-state index in [-0.39, 0.29) is 18.2 Å². The minimum atomic E-state index is -1.14. The molecule has 0 bridgehead atoms. The van der Waals surface area contributed by atoms with Gasteiger partial charge in [0, 0.05) is 6.42 Å². The Balaban J connectivity index is 1.88. The van der Waals surface area contributed by atoms with Crippen LogP contribution in [-0.4, -0.2) is 48.5 Å². The standard InChI is InChI=1S/C19H21N5O4/c1-2-3-4-5-8-13-21-14-16(20)22-17(12-7-6-9-27-12)23-18(14)24(13)19-15(26)11(25)10-28-19/h6-7,9,11,15,19,25-26H,2-4,10H2,1H3,(H2,20,22,23)/t11-,15-,19-/m1/s1. The second-order valence-electron chi connectivity index (χ2n) is 6.57. The van der Waals surface area contributed by atoms with Crippen LogP contribution in [0.15, 0.2) is 22.8 Å². The Morgan fingerprint density at radius 1 is 1.32 bits per heavy atom. The molecule has 9 heteroatoms. The lowest BCUT2D eigenvalue weighted by Gasteiger charge is -2.18. The fourth-order valence-electron chi connectivity index (χ4n) is 3.06. The second kappa shape index (κ2) is 7.59. The minimum Gasteiger partial charge on any atom is -0.461 e. The molecule has 0 unspecified atom stereocenters. The Morgan fingerprint density at radius 2 is 2.18 bits per heavy atom. The predicted octanol–water partition coefficient (Wildman–Crippen LogP) is 1.46. The highest BCUT2D eigenvalue weighted by molar-refractivity contribution is 5.84. The number of unbranched alkanes of at least 4 members (excludes halogenated alkanes) is 2. The zero-order valence-corrected chi connectivity index (χ0v) is 15.4. The first kappa shape index (κ1) is 18.4. The first-order valence-corrected chi connectivity index (χ1v) is 9.16. The normalized spacial score (nSPS) is 21.8. The van der Waals surface area contributed by atoms with Crippen LogP contribution in [0.3, 0.4) is 0 Å². The van der Waals surface area contributed by atoms with Gasteiger partial charge in [0.15, 0.2) is 40.6 Å². The molecule has 0 aromatic carbocycles. The maximum absolute atomic E-state index is 10.4. The summed E-state index contributed by atoms with van der Waals surface area (Å²) < 4.78 is 12.5. The molecule has 0 spiro atoms. The quantitative estimate of drug-likeness (QED) is 0.456. The van der Waals surface area contributed by atoms with E-state index >= 15 is 0 Å². The van der Waals surface area contributed by atoms with Gasteiger partial charge < -0.3 is 25.1 Å². The van der Waals surface area contributed by atoms with Gasteiger partial charge in [0.25, 0.3) is 0 Å². The van der Waals surface area contributed by atoms with Crippen LogP contribution in [0.5, 0.6) is 0 Å². The number of aliphatic hydroxyl groups is 2. The molecule has 1 saturated heterocycles. The summed E-state index contributed by atoms with van der Waals surface area (Å²) >= 11 is 0. The van der Waals surface area contributed by atoms with Gasteiger partial charge in [0.2, 0.25) is 0 Å². The molecule has 3 atom stereocenters. The molecule has 3 aromatic heterocycles. The number of nitrogen functional groups attached to an aromatic ring is 1. The molecule has 0 amide bonds. The van der Waals surface area contributed by atoms with Crippen LogP contribution >= 0.6 is 0 Å². The van der Waals surface area contributed by atoms with Crippen molar-refractivity contribution in [3.63, 3.8) is 0 Å². The van der Waals surface area contributed by atoms with E-state index in [0.717, 1.165) is 19.3 Å². The summed E-state index contributed by atoms with van der Waals surface area (Å²) in [5, 5.41) is 20.3. The molecule has 0 aliphatic carbocycles. The van der Waals surface area contributed by atoms with Crippen molar-refractivity contribution < 1.29 is 19.4 Å². The Morgan fingerprint density at radius 3 is 2.86 bits per heavy atom. The summed E-state index contributed by atoms with van der Waals surface area (Å²) in [6, 6.07) is 3.44. The predicted molar refractivity (Wildman–Crippen MR) is 101 cm³/mol. The summed E-state index contributed by atoms with van der Waals surface area (Å²) in [7, 11) is 0. The highest BCUT2D eigenvalue weighted by Gasteiger charge is 2.38. The van der Waals surface area contributed by atoms with E-state index in [1.165, 1.54) is 6.26 Å². The van der Waals surface area contributed by atoms with Crippen LogP contribution < -0.4 is 5.73 Å². The number of hydrogen-bond acceptors (Lipinski definition) is 8. The molecule has 9 nitrogen and oxygen atoms in total. The van der Waals surface area contributed by atoms with Crippen molar-refractivity contribution in [1.82, 2.24) is 19.5 Å². The van der Waals surface area contributed by atoms with Crippen molar-refractivity contribution in [2.45, 2.75) is 44.6 Å². The molecule has 146 valence electrons. The van der Waals surface area contributed by atoms with E-state index in [1.54, 1.807) is 16.7 Å². The number of hydrogen-bond donors (Lipinski definition) is 3. The highest BCUT2D eigenvalue weighted by atomic mass is 16.5. The highest BCUT2D eigenvalue weighted by Crippen LogP contribution is 2.31. The molecule has 0 saturated carbocycles. The third-order valence-corrected chi connectivity index (χ3v) is 4.54. The molecule has 28 heavy (non-hydrogen) atoms. The van der Waals surface area contributed by atoms with Crippen LogP contribution in [0.4, 0.5) is 5.82 Å². The number of aliphatic hydroxyl groups excluding tert-OH is 2. The SMILES string of the molecule is CCCCC#Cc1nc2c(N)nc(-c3ccco3)nc2n1[C@@H]1OC[C@@H](O)[C@H]1O. The number of furan rings is 1. The van der Waals surface area contributed by atoms with E-state index < -0.39 is 18.4 Å². The molecule has 0 radical (unpaired) electrons. The Hall–Kier alpha value is -2.93. The van der Waals surface area contributed by atoms with E-state index in [9.17, 15) is 10.2 Å². The van der Waals surface area contributed by atoms with Crippen molar-refractivity contribution in [3.8, 4) is 23.4 Å². The van der Waals surface area contributed by atoms with Gasteiger partial charge in [-0.25, -0.2) is 15.0 Å². The molecule has 1 fully saturated rings. The zero-order valence-electron chi connectivity index (χ0n) is 15.4. The van der Waals surface area contributed by atoms with Gasteiger partial charge in [0.05, 0.1) is 12.9 Å². The summed E-state index contributed by atoms with van der Waals surface area (Å²) in [5.74, 6) is 7.34. The molecular weight excluding hydrogens is 362 g/mol. The lowest BCUT2D eigenvalue weighted by Crippen LogP contribution is -2.29. The fraction of sp³-hybridized carbons (Fsp3) is 0.421. The van der Waals surface area contributed by atoms with E-state index in [4.69, 9.17) is 14.9 Å². The summed E-state index contributed by atoms with van der Waals surface area (Å²) in [5.41, 5.74) is 6.82. The van der Waals surface area contributed by atoms with E-state index in [0.29, 0.717) is 22.7 Å². The van der Waals surface area contributed by atoms with Gasteiger partial charge in [0.1, 0.15) is 12.2 Å². The summed E-state index contributed by atoms with van der Waals surface area (Å²) in [6.45, 7) is 2.09. The lowest BCUT2D eigenvalue weighted by molar-refractivity contribution is -0.0167. The number of rotatable bonds is 4. The number of nitrogens with two attached hydrogens (primary N) is 1. The van der Waals surface area contributed by atoms with Crippen LogP contribution in [0, 0.1) is 11.8 Å². The van der Waals surface area contributed by atoms with Crippen molar-refractivity contribution in [2.75, 3.05) is 12.3 Å². The number of imidazole rings is 1. The average Bonchev–Trinajstić information content (AvgIpc) is 3.40. The molecule has 4 rings (SSSR count). The molecular formula is C19H21N5O4. The Bertz CT molecular complexity index is 1030. The van der Waals surface area contributed by atoms with Crippen LogP contribution in [0.2, 0.25) is 0 Å². The van der Waals surface area contributed by atoms with Crippen molar-refractivity contribution >= 4 is 17.0 Å². The van der Waals surface area contributed by atoms with Gasteiger partial charge in [-0.1, -0.05) is 19.3 Å². The maximum Gasteiger partial charge on any atom is 0.199 e. The zero-order chi connectivity index (χ0) is 19.7. The molecule has 3 aromatic rings. The topological polar surface area (TPSA) is 132 Å². The molecule has 1 aliphatic heterocycles. The Kier molecular flexibility index (Phi) is 5.00. The van der Waals surface area contributed by atoms with Crippen LogP contribution in [0.1, 0.15) is 38.2 Å². The number of fused-ring (bicyclic) bond motifs is 1. The molecule has 4 heterocycles. The fourth-order valence-corrected chi connectivity index (χ4v) is 3.06. The average molecular weight is 383 g/mol. The molecule has 1 aliphatic rings. The van der Waals surface area contributed by atoms with Crippen molar-refractivity contribution in [1.29, 1.82) is 0 Å². The van der Waals surface area contributed by atoms with Crippen molar-refractivity contribution in [2.24, 2.45) is 0 Å². The van der Waals surface area contributed by atoms with Crippen LogP contribution in [0.25, 0.3) is 22.7 Å². The third kappa shape index (κ3) is 3.22. The van der Waals surface area contributed by atoms with Crippen molar-refractivity contribution in [3.05, 3.63) is 24.2 Å². The van der Waals surface area contributed by atoms with E-state index in [2.05, 4.69) is 33.7 Å². The molecule has 4 N–H and O–H groups in total. The smallest absolute Gasteiger partial charge is 0.199 e. The van der Waals surface area contributed by atoms with Crippen LogP contribution in [-0.2, 0) is 4.74 Å². The number of ether oxygens (including phenoxy) is 1. The maximum atomic E-state index is 10.4. The second-order valence-corrected chi connectivity index (χ2v) is 6.57. The van der Waals surface area contributed by atoms with Gasteiger partial charge in [-0.3, -0.25) is 4.57 Å². The Labute approximate surface area is 161 Å². The summed E-state index contributed by atoms with van der Waals surface area (Å²) in [4.78, 5) is 13.3. The number of aromatic nitrogens is 4. The number of anilines is 1. The third-order valence-electron chi connectivity index (χ3n) is 4.54. The first-order valence-electron chi connectivity index (χ1n) is 9.16. The van der Waals surface area contributed by atoms with Gasteiger partial charge in [-0.2, -0.15) is 0 Å².